The van der Waals surface area contributed by atoms with Crippen molar-refractivity contribution < 1.29 is 4.79 Å². The minimum atomic E-state index is -0.411. The van der Waals surface area contributed by atoms with Gasteiger partial charge in [-0.25, -0.2) is 4.79 Å². The fourth-order valence-corrected chi connectivity index (χ4v) is 3.28. The van der Waals surface area contributed by atoms with Crippen LogP contribution in [0.2, 0.25) is 0 Å². The average Bonchev–Trinajstić information content (AvgIpc) is 3.00. The average molecular weight is 351 g/mol. The Kier molecular flexibility index (Phi) is 5.99. The highest BCUT2D eigenvalue weighted by Gasteiger charge is 2.17. The van der Waals surface area contributed by atoms with Crippen molar-refractivity contribution in [1.29, 1.82) is 0 Å². The number of amides is 1. The van der Waals surface area contributed by atoms with Gasteiger partial charge < -0.3 is 5.32 Å². The number of carbonyl (C=O) groups is 1. The highest BCUT2D eigenvalue weighted by atomic mass is 32.1. The molecule has 1 amide bonds. The molecule has 0 aromatic carbocycles. The molecule has 0 spiro atoms. The van der Waals surface area contributed by atoms with Gasteiger partial charge in [-0.05, 0) is 37.1 Å². The van der Waals surface area contributed by atoms with Crippen molar-refractivity contribution in [2.75, 3.05) is 0 Å². The number of fused-ring (bicyclic) bond motifs is 1. The summed E-state index contributed by atoms with van der Waals surface area (Å²) in [6.45, 7) is 8.30. The first-order valence-corrected chi connectivity index (χ1v) is 9.23. The minimum Gasteiger partial charge on any atom is -0.352 e. The van der Waals surface area contributed by atoms with Crippen molar-refractivity contribution in [2.45, 2.75) is 59.7 Å². The zero-order valence-electron chi connectivity index (χ0n) is 14.7. The molecule has 1 atom stereocenters. The summed E-state index contributed by atoms with van der Waals surface area (Å²) >= 11 is 1.31. The van der Waals surface area contributed by atoms with Crippen molar-refractivity contribution in [3.8, 4) is 0 Å². The van der Waals surface area contributed by atoms with Gasteiger partial charge in [0.25, 0.3) is 5.56 Å². The van der Waals surface area contributed by atoms with E-state index < -0.39 is 5.69 Å². The molecule has 0 fully saturated rings. The van der Waals surface area contributed by atoms with E-state index in [0.29, 0.717) is 22.7 Å². The quantitative estimate of drug-likeness (QED) is 0.831. The van der Waals surface area contributed by atoms with Crippen LogP contribution in [0.4, 0.5) is 0 Å². The van der Waals surface area contributed by atoms with Gasteiger partial charge >= 0.3 is 5.69 Å². The molecular formula is C17H25N3O3S. The number of carbonyl (C=O) groups excluding carboxylic acids is 1. The second kappa shape index (κ2) is 7.79. The summed E-state index contributed by atoms with van der Waals surface area (Å²) in [5, 5.41) is 4.64. The maximum atomic E-state index is 12.8. The molecule has 2 rings (SSSR count). The van der Waals surface area contributed by atoms with Gasteiger partial charge in [0.2, 0.25) is 5.91 Å². The summed E-state index contributed by atoms with van der Waals surface area (Å²) in [4.78, 5) is 37.5. The summed E-state index contributed by atoms with van der Waals surface area (Å²) < 4.78 is 3.19. The largest absolute Gasteiger partial charge is 0.352 e. The normalized spacial score (nSPS) is 12.7. The summed E-state index contributed by atoms with van der Waals surface area (Å²) in [6, 6.07) is 1.78. The predicted molar refractivity (Wildman–Crippen MR) is 97.7 cm³/mol. The molecule has 0 unspecified atom stereocenters. The zero-order valence-corrected chi connectivity index (χ0v) is 15.5. The summed E-state index contributed by atoms with van der Waals surface area (Å²) in [7, 11) is 0. The number of nitrogens with zero attached hydrogens (tertiary/aromatic N) is 2. The van der Waals surface area contributed by atoms with Crippen LogP contribution < -0.4 is 16.6 Å². The summed E-state index contributed by atoms with van der Waals surface area (Å²) in [5.74, 6) is 0.172. The van der Waals surface area contributed by atoms with E-state index in [-0.39, 0.29) is 24.1 Å². The first kappa shape index (κ1) is 18.4. The molecule has 0 radical (unpaired) electrons. The predicted octanol–water partition coefficient (Wildman–Crippen LogP) is 2.19. The molecule has 7 heteroatoms. The summed E-state index contributed by atoms with van der Waals surface area (Å²) in [5.41, 5.74) is -0.134. The highest BCUT2D eigenvalue weighted by Crippen LogP contribution is 2.15. The Bertz CT molecular complexity index is 832. The number of hydrogen-bond donors (Lipinski definition) is 1. The van der Waals surface area contributed by atoms with Gasteiger partial charge in [-0.2, -0.15) is 0 Å². The molecule has 0 bridgehead atoms. The van der Waals surface area contributed by atoms with Crippen LogP contribution in [0.1, 0.15) is 40.5 Å². The van der Waals surface area contributed by atoms with E-state index in [4.69, 9.17) is 0 Å². The van der Waals surface area contributed by atoms with E-state index in [1.54, 1.807) is 11.4 Å². The first-order valence-electron chi connectivity index (χ1n) is 8.35. The molecule has 132 valence electrons. The second-order valence-corrected chi connectivity index (χ2v) is 7.44. The van der Waals surface area contributed by atoms with Crippen molar-refractivity contribution in [2.24, 2.45) is 5.92 Å². The van der Waals surface area contributed by atoms with Crippen molar-refractivity contribution in [3.63, 3.8) is 0 Å². The van der Waals surface area contributed by atoms with E-state index in [1.165, 1.54) is 20.5 Å². The van der Waals surface area contributed by atoms with Crippen LogP contribution >= 0.6 is 11.3 Å². The Hall–Kier alpha value is -1.89. The third-order valence-corrected chi connectivity index (χ3v) is 4.98. The third kappa shape index (κ3) is 3.95. The molecule has 0 aliphatic rings. The standard InChI is InChI=1S/C17H25N3O3S/c1-5-12(4)18-14(21)10-20-13-7-9-24-15(13)16(22)19(17(20)23)8-6-11(2)3/h7,9,11-12H,5-6,8,10H2,1-4H3,(H,18,21)/t12-/m0/s1. The SMILES string of the molecule is CC[C@H](C)NC(=O)Cn1c(=O)n(CCC(C)C)c(=O)c2sccc21. The smallest absolute Gasteiger partial charge is 0.332 e. The molecule has 6 nitrogen and oxygen atoms in total. The molecule has 0 saturated heterocycles. The van der Waals surface area contributed by atoms with E-state index in [9.17, 15) is 14.4 Å². The molecule has 2 heterocycles. The minimum absolute atomic E-state index is 0.0537. The molecule has 1 N–H and O–H groups in total. The Morgan fingerprint density at radius 3 is 2.58 bits per heavy atom. The first-order chi connectivity index (χ1) is 11.3. The van der Waals surface area contributed by atoms with Crippen molar-refractivity contribution >= 4 is 27.5 Å². The van der Waals surface area contributed by atoms with E-state index in [1.807, 2.05) is 27.7 Å². The Morgan fingerprint density at radius 2 is 1.96 bits per heavy atom. The van der Waals surface area contributed by atoms with Crippen LogP contribution in [0.5, 0.6) is 0 Å². The maximum Gasteiger partial charge on any atom is 0.332 e. The van der Waals surface area contributed by atoms with Gasteiger partial charge in [-0.15, -0.1) is 11.3 Å². The van der Waals surface area contributed by atoms with Crippen LogP contribution in [-0.2, 0) is 17.9 Å². The Morgan fingerprint density at radius 1 is 1.25 bits per heavy atom. The number of nitrogens with one attached hydrogen (secondary N) is 1. The maximum absolute atomic E-state index is 12.8. The number of rotatable bonds is 7. The van der Waals surface area contributed by atoms with E-state index >= 15 is 0 Å². The van der Waals surface area contributed by atoms with Crippen LogP contribution in [0.25, 0.3) is 10.2 Å². The number of aromatic nitrogens is 2. The van der Waals surface area contributed by atoms with Gasteiger partial charge in [0.15, 0.2) is 0 Å². The van der Waals surface area contributed by atoms with Crippen LogP contribution in [0.15, 0.2) is 21.0 Å². The Balaban J connectivity index is 2.45. The van der Waals surface area contributed by atoms with Crippen molar-refractivity contribution in [1.82, 2.24) is 14.5 Å². The zero-order chi connectivity index (χ0) is 17.9. The Labute approximate surface area is 145 Å². The molecule has 2 aromatic rings. The van der Waals surface area contributed by atoms with Crippen LogP contribution in [-0.4, -0.2) is 21.1 Å². The molecule has 0 aliphatic heterocycles. The van der Waals surface area contributed by atoms with Gasteiger partial charge in [-0.3, -0.25) is 18.7 Å². The highest BCUT2D eigenvalue weighted by molar-refractivity contribution is 7.17. The lowest BCUT2D eigenvalue weighted by Crippen LogP contribution is -2.43. The van der Waals surface area contributed by atoms with E-state index in [2.05, 4.69) is 5.32 Å². The summed E-state index contributed by atoms with van der Waals surface area (Å²) in [6.07, 6.45) is 1.56. The molecule has 0 aliphatic carbocycles. The fraction of sp³-hybridized carbons (Fsp3) is 0.588. The molecule has 0 saturated carbocycles. The van der Waals surface area contributed by atoms with Crippen LogP contribution in [0, 0.1) is 5.92 Å². The van der Waals surface area contributed by atoms with Gasteiger partial charge in [0, 0.05) is 12.6 Å². The molecule has 24 heavy (non-hydrogen) atoms. The number of hydrogen-bond acceptors (Lipinski definition) is 4. The second-order valence-electron chi connectivity index (χ2n) is 6.52. The fourth-order valence-electron chi connectivity index (χ4n) is 2.44. The molecular weight excluding hydrogens is 326 g/mol. The van der Waals surface area contributed by atoms with Crippen molar-refractivity contribution in [3.05, 3.63) is 32.3 Å². The number of thiophene rings is 1. The van der Waals surface area contributed by atoms with Gasteiger partial charge in [-0.1, -0.05) is 20.8 Å². The topological polar surface area (TPSA) is 73.1 Å². The van der Waals surface area contributed by atoms with Gasteiger partial charge in [0.1, 0.15) is 11.2 Å². The monoisotopic (exact) mass is 351 g/mol. The molecule has 2 aromatic heterocycles. The van der Waals surface area contributed by atoms with Gasteiger partial charge in [0.05, 0.1) is 5.52 Å². The third-order valence-electron chi connectivity index (χ3n) is 4.09. The lowest BCUT2D eigenvalue weighted by Gasteiger charge is -2.15. The lowest BCUT2D eigenvalue weighted by atomic mass is 10.1. The van der Waals surface area contributed by atoms with Crippen LogP contribution in [0.3, 0.4) is 0 Å². The van der Waals surface area contributed by atoms with E-state index in [0.717, 1.165) is 12.8 Å². The lowest BCUT2D eigenvalue weighted by molar-refractivity contribution is -0.122.